The van der Waals surface area contributed by atoms with E-state index in [-0.39, 0.29) is 6.04 Å². The average molecular weight is 435 g/mol. The van der Waals surface area contributed by atoms with Crippen LogP contribution in [-0.4, -0.2) is 33.9 Å². The molecule has 0 amide bonds. The van der Waals surface area contributed by atoms with Gasteiger partial charge in [0.1, 0.15) is 5.82 Å². The first-order valence-corrected chi connectivity index (χ1v) is 10.9. The topological polar surface area (TPSA) is 85.6 Å². The smallest absolute Gasteiger partial charge is 0.192 e. The summed E-state index contributed by atoms with van der Waals surface area (Å²) in [7, 11) is 1.96. The summed E-state index contributed by atoms with van der Waals surface area (Å²) >= 11 is 0. The summed E-state index contributed by atoms with van der Waals surface area (Å²) in [5.74, 6) is 3.97. The Morgan fingerprint density at radius 3 is 2.69 bits per heavy atom. The summed E-state index contributed by atoms with van der Waals surface area (Å²) in [4.78, 5) is 4.85. The van der Waals surface area contributed by atoms with Gasteiger partial charge in [-0.3, -0.25) is 0 Å². The number of hydrogen-bond donors (Lipinski definition) is 2. The number of ether oxygens (including phenoxy) is 2. The Hall–Kier alpha value is -3.55. The highest BCUT2D eigenvalue weighted by Crippen LogP contribution is 2.33. The van der Waals surface area contributed by atoms with Crippen molar-refractivity contribution in [1.29, 1.82) is 0 Å². The fraction of sp³-hybridized carbons (Fsp3) is 0.375. The molecular weight excluding hydrogens is 404 g/mol. The van der Waals surface area contributed by atoms with E-state index in [1.807, 2.05) is 54.9 Å². The Labute approximate surface area is 188 Å². The van der Waals surface area contributed by atoms with Crippen molar-refractivity contribution in [2.75, 3.05) is 13.2 Å². The third-order valence-electron chi connectivity index (χ3n) is 5.51. The predicted molar refractivity (Wildman–Crippen MR) is 124 cm³/mol. The maximum absolute atomic E-state index is 5.95. The average Bonchev–Trinajstić information content (AvgIpc) is 3.00. The Kier molecular flexibility index (Phi) is 6.89. The Balaban J connectivity index is 1.54. The maximum atomic E-state index is 5.95. The fourth-order valence-electron chi connectivity index (χ4n) is 3.49. The van der Waals surface area contributed by atoms with Crippen LogP contribution in [0.1, 0.15) is 42.2 Å². The molecule has 1 atom stereocenters. The van der Waals surface area contributed by atoms with Crippen LogP contribution in [0.25, 0.3) is 0 Å². The summed E-state index contributed by atoms with van der Waals surface area (Å²) < 4.78 is 13.7. The molecule has 3 aromatic rings. The molecule has 0 saturated carbocycles. The van der Waals surface area contributed by atoms with Gasteiger partial charge in [0.15, 0.2) is 23.3 Å². The van der Waals surface area contributed by atoms with Crippen LogP contribution in [-0.2, 0) is 20.1 Å². The van der Waals surface area contributed by atoms with Gasteiger partial charge in [-0.05, 0) is 25.5 Å². The highest BCUT2D eigenvalue weighted by molar-refractivity contribution is 5.80. The Morgan fingerprint density at radius 2 is 1.91 bits per heavy atom. The molecule has 1 aliphatic heterocycles. The van der Waals surface area contributed by atoms with Gasteiger partial charge < -0.3 is 24.7 Å². The van der Waals surface area contributed by atoms with Gasteiger partial charge in [0.05, 0.1) is 32.3 Å². The minimum atomic E-state index is 0.0798. The molecule has 168 valence electrons. The first-order valence-electron chi connectivity index (χ1n) is 10.9. The molecule has 0 radical (unpaired) electrons. The van der Waals surface area contributed by atoms with Crippen molar-refractivity contribution in [3.05, 3.63) is 71.3 Å². The lowest BCUT2D eigenvalue weighted by molar-refractivity contribution is 0.296. The summed E-state index contributed by atoms with van der Waals surface area (Å²) in [5.41, 5.74) is 2.18. The first-order chi connectivity index (χ1) is 15.6. The standard InChI is InChI=1S/C24H30N6O2/c1-17(19-9-5-4-6-10-19)27-24(26-16-22-29-28-18(2)30(22)3)25-15-20-11-7-12-21-23(20)32-14-8-13-31-21/h4-7,9-12,17H,8,13-16H2,1-3H3,(H2,25,26,27). The van der Waals surface area contributed by atoms with Crippen LogP contribution in [0.2, 0.25) is 0 Å². The molecule has 8 nitrogen and oxygen atoms in total. The second-order valence-corrected chi connectivity index (χ2v) is 7.81. The molecule has 1 aromatic heterocycles. The van der Waals surface area contributed by atoms with Gasteiger partial charge in [-0.1, -0.05) is 42.5 Å². The van der Waals surface area contributed by atoms with Crippen LogP contribution in [0, 0.1) is 6.92 Å². The van der Waals surface area contributed by atoms with Gasteiger partial charge in [-0.25, -0.2) is 4.99 Å². The van der Waals surface area contributed by atoms with Crippen molar-refractivity contribution < 1.29 is 9.47 Å². The third kappa shape index (κ3) is 5.19. The molecule has 0 aliphatic carbocycles. The molecule has 2 aromatic carbocycles. The highest BCUT2D eigenvalue weighted by atomic mass is 16.5. The first kappa shape index (κ1) is 21.7. The second-order valence-electron chi connectivity index (χ2n) is 7.81. The van der Waals surface area contributed by atoms with Crippen molar-refractivity contribution in [2.24, 2.45) is 12.0 Å². The minimum absolute atomic E-state index is 0.0798. The number of rotatable bonds is 6. The van der Waals surface area contributed by atoms with E-state index in [2.05, 4.69) is 39.9 Å². The quantitative estimate of drug-likeness (QED) is 0.457. The molecule has 0 saturated heterocycles. The number of aryl methyl sites for hydroxylation is 1. The number of benzene rings is 2. The van der Waals surface area contributed by atoms with Crippen molar-refractivity contribution in [1.82, 2.24) is 25.4 Å². The third-order valence-corrected chi connectivity index (χ3v) is 5.51. The van der Waals surface area contributed by atoms with Crippen molar-refractivity contribution >= 4 is 5.96 Å². The lowest BCUT2D eigenvalue weighted by Crippen LogP contribution is -2.39. The normalized spacial score (nSPS) is 14.5. The SMILES string of the molecule is Cc1nnc(CNC(=NCc2cccc3c2OCCCO3)NC(C)c2ccccc2)n1C. The van der Waals surface area contributed by atoms with Gasteiger partial charge in [-0.15, -0.1) is 10.2 Å². The van der Waals surface area contributed by atoms with Crippen LogP contribution >= 0.6 is 0 Å². The monoisotopic (exact) mass is 434 g/mol. The number of fused-ring (bicyclic) bond motifs is 1. The molecule has 0 fully saturated rings. The van der Waals surface area contributed by atoms with E-state index in [0.29, 0.717) is 32.3 Å². The van der Waals surface area contributed by atoms with Crippen molar-refractivity contribution in [2.45, 2.75) is 39.4 Å². The molecule has 0 bridgehead atoms. The predicted octanol–water partition coefficient (Wildman–Crippen LogP) is 3.28. The van der Waals surface area contributed by atoms with Gasteiger partial charge in [-0.2, -0.15) is 0 Å². The molecule has 4 rings (SSSR count). The zero-order chi connectivity index (χ0) is 22.3. The molecule has 8 heteroatoms. The maximum Gasteiger partial charge on any atom is 0.192 e. The fourth-order valence-corrected chi connectivity index (χ4v) is 3.49. The summed E-state index contributed by atoms with van der Waals surface area (Å²) in [6.07, 6.45) is 0.872. The van der Waals surface area contributed by atoms with Crippen molar-refractivity contribution in [3.63, 3.8) is 0 Å². The second kappa shape index (κ2) is 10.2. The van der Waals surface area contributed by atoms with E-state index in [1.54, 1.807) is 0 Å². The molecule has 32 heavy (non-hydrogen) atoms. The van der Waals surface area contributed by atoms with Crippen LogP contribution in [0.5, 0.6) is 11.5 Å². The van der Waals surface area contributed by atoms with Crippen LogP contribution < -0.4 is 20.1 Å². The molecule has 2 N–H and O–H groups in total. The van der Waals surface area contributed by atoms with E-state index >= 15 is 0 Å². The number of nitrogens with one attached hydrogen (secondary N) is 2. The number of para-hydroxylation sites is 1. The lowest BCUT2D eigenvalue weighted by atomic mass is 10.1. The van der Waals surface area contributed by atoms with E-state index in [1.165, 1.54) is 5.56 Å². The van der Waals surface area contributed by atoms with Gasteiger partial charge in [0.2, 0.25) is 0 Å². The van der Waals surface area contributed by atoms with E-state index in [9.17, 15) is 0 Å². The summed E-state index contributed by atoms with van der Waals surface area (Å²) in [6, 6.07) is 16.3. The lowest BCUT2D eigenvalue weighted by Gasteiger charge is -2.19. The number of hydrogen-bond acceptors (Lipinski definition) is 5. The van der Waals surface area contributed by atoms with Gasteiger partial charge >= 0.3 is 0 Å². The minimum Gasteiger partial charge on any atom is -0.490 e. The largest absolute Gasteiger partial charge is 0.490 e. The van der Waals surface area contributed by atoms with Crippen LogP contribution in [0.3, 0.4) is 0 Å². The number of nitrogens with zero attached hydrogens (tertiary/aromatic N) is 4. The summed E-state index contributed by atoms with van der Waals surface area (Å²) in [5, 5.41) is 15.3. The molecule has 1 unspecified atom stereocenters. The molecule has 2 heterocycles. The van der Waals surface area contributed by atoms with Gasteiger partial charge in [0.25, 0.3) is 0 Å². The zero-order valence-corrected chi connectivity index (χ0v) is 18.8. The number of aliphatic imine (C=N–C) groups is 1. The van der Waals surface area contributed by atoms with Crippen molar-refractivity contribution in [3.8, 4) is 11.5 Å². The van der Waals surface area contributed by atoms with Crippen LogP contribution in [0.15, 0.2) is 53.5 Å². The Morgan fingerprint density at radius 1 is 1.09 bits per heavy atom. The van der Waals surface area contributed by atoms with E-state index < -0.39 is 0 Å². The Bertz CT molecular complexity index is 1060. The van der Waals surface area contributed by atoms with E-state index in [0.717, 1.165) is 35.1 Å². The van der Waals surface area contributed by atoms with E-state index in [4.69, 9.17) is 14.5 Å². The summed E-state index contributed by atoms with van der Waals surface area (Å²) in [6.45, 7) is 6.33. The highest BCUT2D eigenvalue weighted by Gasteiger charge is 2.15. The zero-order valence-electron chi connectivity index (χ0n) is 18.8. The molecule has 0 spiro atoms. The number of aromatic nitrogens is 3. The molecule has 1 aliphatic rings. The van der Waals surface area contributed by atoms with Crippen LogP contribution in [0.4, 0.5) is 0 Å². The number of guanidine groups is 1. The molecular formula is C24H30N6O2. The van der Waals surface area contributed by atoms with Gasteiger partial charge in [0, 0.05) is 19.0 Å².